The quantitative estimate of drug-likeness (QED) is 0.332. The van der Waals surface area contributed by atoms with E-state index in [1.165, 1.54) is 0 Å². The number of aromatic nitrogens is 2. The number of benzene rings is 2. The highest BCUT2D eigenvalue weighted by Crippen LogP contribution is 2.36. The summed E-state index contributed by atoms with van der Waals surface area (Å²) in [6.45, 7) is 12.0. The number of hydrogen-bond acceptors (Lipinski definition) is 6. The summed E-state index contributed by atoms with van der Waals surface area (Å²) < 4.78 is 11.8. The maximum absolute atomic E-state index is 13.5. The van der Waals surface area contributed by atoms with Crippen molar-refractivity contribution < 1.29 is 19.1 Å². The molecule has 4 rings (SSSR count). The average Bonchev–Trinajstić information content (AvgIpc) is 2.75. The van der Waals surface area contributed by atoms with Gasteiger partial charge in [0.25, 0.3) is 0 Å². The summed E-state index contributed by atoms with van der Waals surface area (Å²) in [4.78, 5) is 26.7. The fourth-order valence-corrected chi connectivity index (χ4v) is 4.91. The smallest absolute Gasteiger partial charge is 0.339 e. The van der Waals surface area contributed by atoms with Crippen LogP contribution in [0.2, 0.25) is 0 Å². The maximum Gasteiger partial charge on any atom is 0.339 e. The van der Waals surface area contributed by atoms with Crippen LogP contribution >= 0.6 is 0 Å². The molecule has 1 aromatic heterocycles. The van der Waals surface area contributed by atoms with E-state index in [0.717, 1.165) is 40.9 Å². The lowest BCUT2D eigenvalue weighted by Crippen LogP contribution is -2.36. The zero-order valence-corrected chi connectivity index (χ0v) is 20.9. The van der Waals surface area contributed by atoms with Gasteiger partial charge in [-0.2, -0.15) is 10.2 Å². The first-order valence-corrected chi connectivity index (χ1v) is 12.2. The van der Waals surface area contributed by atoms with Gasteiger partial charge in [-0.05, 0) is 92.5 Å². The highest BCUT2D eigenvalue weighted by atomic mass is 16.6. The SMILES string of the molecule is CC(C)[C@@H]1CC[C@@H](C)C[C@H]1OC(=O)c1cc2cc3nnccc3cc2cc1C(=O)OC(C)(C)C. The minimum absolute atomic E-state index is 0.166. The number of rotatable bonds is 4. The zero-order chi connectivity index (χ0) is 24.6. The number of carbonyl (C=O) groups excluding carboxylic acids is 2. The summed E-state index contributed by atoms with van der Waals surface area (Å²) in [6, 6.07) is 9.14. The summed E-state index contributed by atoms with van der Waals surface area (Å²) in [5.74, 6) is 0.208. The number of nitrogens with zero attached hydrogens (tertiary/aromatic N) is 2. The van der Waals surface area contributed by atoms with Crippen LogP contribution in [-0.2, 0) is 9.47 Å². The van der Waals surface area contributed by atoms with Crippen LogP contribution in [0.5, 0.6) is 0 Å². The molecule has 2 aromatic carbocycles. The van der Waals surface area contributed by atoms with Gasteiger partial charge < -0.3 is 9.47 Å². The Morgan fingerprint density at radius 1 is 0.971 bits per heavy atom. The highest BCUT2D eigenvalue weighted by Gasteiger charge is 2.35. The normalized spacial score (nSPS) is 21.1. The largest absolute Gasteiger partial charge is 0.458 e. The van der Waals surface area contributed by atoms with Gasteiger partial charge in [0.1, 0.15) is 11.7 Å². The van der Waals surface area contributed by atoms with Gasteiger partial charge in [0.2, 0.25) is 0 Å². The monoisotopic (exact) mass is 462 g/mol. The third-order valence-corrected chi connectivity index (χ3v) is 6.67. The molecule has 3 atom stereocenters. The molecule has 0 amide bonds. The van der Waals surface area contributed by atoms with Crippen LogP contribution in [0.25, 0.3) is 21.7 Å². The Morgan fingerprint density at radius 3 is 2.32 bits per heavy atom. The van der Waals surface area contributed by atoms with Gasteiger partial charge in [0.05, 0.1) is 22.8 Å². The van der Waals surface area contributed by atoms with E-state index < -0.39 is 17.5 Å². The van der Waals surface area contributed by atoms with Crippen molar-refractivity contribution >= 4 is 33.6 Å². The van der Waals surface area contributed by atoms with Crippen LogP contribution in [0.3, 0.4) is 0 Å². The zero-order valence-electron chi connectivity index (χ0n) is 20.9. The molecular formula is C28H34N2O4. The van der Waals surface area contributed by atoms with Crippen molar-refractivity contribution in [2.75, 3.05) is 0 Å². The molecule has 34 heavy (non-hydrogen) atoms. The van der Waals surface area contributed by atoms with Gasteiger partial charge in [0, 0.05) is 5.39 Å². The highest BCUT2D eigenvalue weighted by molar-refractivity contribution is 6.09. The van der Waals surface area contributed by atoms with E-state index >= 15 is 0 Å². The predicted molar refractivity (Wildman–Crippen MR) is 133 cm³/mol. The molecule has 180 valence electrons. The lowest BCUT2D eigenvalue weighted by Gasteiger charge is -2.36. The third-order valence-electron chi connectivity index (χ3n) is 6.67. The van der Waals surface area contributed by atoms with Gasteiger partial charge in [-0.25, -0.2) is 9.59 Å². The minimum atomic E-state index is -0.687. The lowest BCUT2D eigenvalue weighted by molar-refractivity contribution is -0.0181. The molecule has 1 heterocycles. The molecule has 0 aliphatic heterocycles. The molecule has 3 aromatic rings. The lowest BCUT2D eigenvalue weighted by atomic mass is 9.75. The average molecular weight is 463 g/mol. The summed E-state index contributed by atoms with van der Waals surface area (Å²) >= 11 is 0. The minimum Gasteiger partial charge on any atom is -0.458 e. The molecule has 0 saturated heterocycles. The summed E-state index contributed by atoms with van der Waals surface area (Å²) in [6.07, 6.45) is 4.48. The topological polar surface area (TPSA) is 78.4 Å². The van der Waals surface area contributed by atoms with Gasteiger partial charge in [-0.1, -0.05) is 27.2 Å². The van der Waals surface area contributed by atoms with Crippen molar-refractivity contribution in [3.05, 3.63) is 47.7 Å². The third kappa shape index (κ3) is 5.21. The van der Waals surface area contributed by atoms with E-state index in [1.807, 2.05) is 39.0 Å². The summed E-state index contributed by atoms with van der Waals surface area (Å²) in [5.41, 5.74) is 0.484. The summed E-state index contributed by atoms with van der Waals surface area (Å²) in [5, 5.41) is 10.7. The Bertz CT molecular complexity index is 1230. The molecule has 0 unspecified atom stereocenters. The van der Waals surface area contributed by atoms with Crippen molar-refractivity contribution in [2.45, 2.75) is 72.5 Å². The molecule has 0 radical (unpaired) electrons. The molecule has 6 nitrogen and oxygen atoms in total. The van der Waals surface area contributed by atoms with Crippen LogP contribution < -0.4 is 0 Å². The van der Waals surface area contributed by atoms with Gasteiger partial charge in [0.15, 0.2) is 0 Å². The van der Waals surface area contributed by atoms with Crippen molar-refractivity contribution in [1.82, 2.24) is 10.2 Å². The second-order valence-corrected chi connectivity index (χ2v) is 11.0. The predicted octanol–water partition coefficient (Wildman–Crippen LogP) is 6.36. The van der Waals surface area contributed by atoms with Crippen molar-refractivity contribution in [1.29, 1.82) is 0 Å². The Labute approximate surface area is 201 Å². The molecule has 1 aliphatic carbocycles. The number of carbonyl (C=O) groups is 2. The second kappa shape index (κ2) is 9.32. The Morgan fingerprint density at radius 2 is 1.65 bits per heavy atom. The number of hydrogen-bond donors (Lipinski definition) is 0. The van der Waals surface area contributed by atoms with E-state index in [4.69, 9.17) is 9.47 Å². The van der Waals surface area contributed by atoms with Crippen LogP contribution in [0.4, 0.5) is 0 Å². The molecule has 1 fully saturated rings. The second-order valence-electron chi connectivity index (χ2n) is 11.0. The fourth-order valence-electron chi connectivity index (χ4n) is 4.91. The molecule has 0 spiro atoms. The Kier molecular flexibility index (Phi) is 6.61. The van der Waals surface area contributed by atoms with Gasteiger partial charge in [-0.3, -0.25) is 0 Å². The molecule has 0 bridgehead atoms. The van der Waals surface area contributed by atoms with E-state index in [2.05, 4.69) is 31.0 Å². The molecule has 6 heteroatoms. The first kappa shape index (κ1) is 24.1. The van der Waals surface area contributed by atoms with Crippen molar-refractivity contribution in [2.24, 2.45) is 17.8 Å². The van der Waals surface area contributed by atoms with Gasteiger partial charge >= 0.3 is 11.9 Å². The van der Waals surface area contributed by atoms with Crippen LogP contribution in [0, 0.1) is 17.8 Å². The first-order valence-electron chi connectivity index (χ1n) is 12.2. The van der Waals surface area contributed by atoms with Gasteiger partial charge in [-0.15, -0.1) is 0 Å². The van der Waals surface area contributed by atoms with Crippen LogP contribution in [0.1, 0.15) is 81.5 Å². The number of fused-ring (bicyclic) bond motifs is 2. The summed E-state index contributed by atoms with van der Waals surface area (Å²) in [7, 11) is 0. The Hall–Kier alpha value is -3.02. The number of ether oxygens (including phenoxy) is 2. The van der Waals surface area contributed by atoms with E-state index in [-0.39, 0.29) is 17.2 Å². The van der Waals surface area contributed by atoms with E-state index in [0.29, 0.717) is 17.8 Å². The molecule has 1 aliphatic rings. The van der Waals surface area contributed by atoms with E-state index in [9.17, 15) is 9.59 Å². The van der Waals surface area contributed by atoms with Crippen LogP contribution in [0.15, 0.2) is 36.5 Å². The van der Waals surface area contributed by atoms with E-state index in [1.54, 1.807) is 18.3 Å². The molecule has 0 N–H and O–H groups in total. The fraction of sp³-hybridized carbons (Fsp3) is 0.500. The standard InChI is InChI=1S/C28H34N2O4/c1-16(2)21-8-7-17(3)11-25(21)33-26(31)22-14-20-15-24-18(9-10-29-30-24)12-19(20)13-23(22)27(32)34-28(4,5)6/h9-10,12-17,21,25H,7-8,11H2,1-6H3/t17-,21+,25-/m1/s1. The molecular weight excluding hydrogens is 428 g/mol. The first-order chi connectivity index (χ1) is 16.0. The van der Waals surface area contributed by atoms with Crippen molar-refractivity contribution in [3.8, 4) is 0 Å². The Balaban J connectivity index is 1.77. The maximum atomic E-state index is 13.5. The molecule has 1 saturated carbocycles. The van der Waals surface area contributed by atoms with Crippen molar-refractivity contribution in [3.63, 3.8) is 0 Å². The van der Waals surface area contributed by atoms with Crippen LogP contribution in [-0.4, -0.2) is 33.8 Å². The number of esters is 2.